The predicted molar refractivity (Wildman–Crippen MR) is 118 cm³/mol. The van der Waals surface area contributed by atoms with Gasteiger partial charge in [0.1, 0.15) is 17.1 Å². The van der Waals surface area contributed by atoms with Crippen LogP contribution in [0.4, 0.5) is 5.69 Å². The van der Waals surface area contributed by atoms with Crippen molar-refractivity contribution in [2.24, 2.45) is 0 Å². The maximum atomic E-state index is 13.1. The fourth-order valence-electron chi connectivity index (χ4n) is 2.66. The van der Waals surface area contributed by atoms with Gasteiger partial charge in [0.2, 0.25) is 0 Å². The van der Waals surface area contributed by atoms with Crippen LogP contribution in [0.5, 0.6) is 11.5 Å². The molecule has 1 N–H and O–H groups in total. The number of hydrogen-bond acceptors (Lipinski definition) is 5. The Morgan fingerprint density at radius 1 is 1.07 bits per heavy atom. The average molecular weight is 526 g/mol. The number of thiocarbonyl (C=S) groups is 1. The summed E-state index contributed by atoms with van der Waals surface area (Å²) in [4.78, 5) is 26.8. The van der Waals surface area contributed by atoms with Crippen LogP contribution in [0.1, 0.15) is 5.56 Å². The summed E-state index contributed by atoms with van der Waals surface area (Å²) in [5.74, 6) is -0.0817. The molecule has 0 saturated carbocycles. The van der Waals surface area contributed by atoms with Crippen molar-refractivity contribution < 1.29 is 19.1 Å². The van der Waals surface area contributed by atoms with Gasteiger partial charge in [0.15, 0.2) is 5.11 Å². The van der Waals surface area contributed by atoms with Crippen molar-refractivity contribution in [1.29, 1.82) is 0 Å². The highest BCUT2D eigenvalue weighted by Gasteiger charge is 2.34. The minimum absolute atomic E-state index is 0.0214. The lowest BCUT2D eigenvalue weighted by atomic mass is 10.1. The van der Waals surface area contributed by atoms with Crippen LogP contribution in [0.3, 0.4) is 0 Å². The molecule has 28 heavy (non-hydrogen) atoms. The molecule has 0 atom stereocenters. The first-order valence-electron chi connectivity index (χ1n) is 7.94. The number of benzene rings is 2. The van der Waals surface area contributed by atoms with E-state index in [1.807, 2.05) is 6.07 Å². The molecule has 3 rings (SSSR count). The third-order valence-electron chi connectivity index (χ3n) is 3.97. The van der Waals surface area contributed by atoms with Gasteiger partial charge in [-0.1, -0.05) is 22.0 Å². The van der Waals surface area contributed by atoms with Crippen molar-refractivity contribution in [3.05, 3.63) is 56.5 Å². The fraction of sp³-hybridized carbons (Fsp3) is 0.105. The Morgan fingerprint density at radius 3 is 2.43 bits per heavy atom. The molecule has 0 aromatic heterocycles. The minimum atomic E-state index is -0.574. The number of ether oxygens (including phenoxy) is 2. The normalized spacial score (nSPS) is 15.6. The lowest BCUT2D eigenvalue weighted by Crippen LogP contribution is -2.54. The van der Waals surface area contributed by atoms with E-state index in [9.17, 15) is 9.59 Å². The van der Waals surface area contributed by atoms with Gasteiger partial charge in [0, 0.05) is 16.1 Å². The summed E-state index contributed by atoms with van der Waals surface area (Å²) in [7, 11) is 3.03. The van der Waals surface area contributed by atoms with Gasteiger partial charge in [-0.15, -0.1) is 0 Å². The lowest BCUT2D eigenvalue weighted by Gasteiger charge is -2.29. The van der Waals surface area contributed by atoms with E-state index in [-0.39, 0.29) is 10.7 Å². The molecule has 2 amide bonds. The number of nitrogens with zero attached hydrogens (tertiary/aromatic N) is 1. The van der Waals surface area contributed by atoms with Crippen LogP contribution in [0.25, 0.3) is 6.08 Å². The molecule has 0 bridgehead atoms. The maximum absolute atomic E-state index is 13.1. The van der Waals surface area contributed by atoms with E-state index in [1.54, 1.807) is 30.3 Å². The van der Waals surface area contributed by atoms with Crippen LogP contribution in [0.2, 0.25) is 0 Å². The summed E-state index contributed by atoms with van der Waals surface area (Å²) in [6, 6.07) is 10.5. The number of rotatable bonds is 4. The molecule has 1 heterocycles. The molecule has 0 spiro atoms. The molecule has 9 heteroatoms. The number of hydrogen-bond donors (Lipinski definition) is 1. The summed E-state index contributed by atoms with van der Waals surface area (Å²) in [5.41, 5.74) is 1.01. The van der Waals surface area contributed by atoms with Crippen molar-refractivity contribution in [3.63, 3.8) is 0 Å². The molecule has 2 aromatic rings. The van der Waals surface area contributed by atoms with E-state index >= 15 is 0 Å². The highest BCUT2D eigenvalue weighted by Crippen LogP contribution is 2.34. The molecule has 6 nitrogen and oxygen atoms in total. The zero-order valence-corrected chi connectivity index (χ0v) is 18.8. The van der Waals surface area contributed by atoms with Crippen molar-refractivity contribution >= 4 is 72.8 Å². The second-order valence-electron chi connectivity index (χ2n) is 5.67. The number of carbonyl (C=O) groups excluding carboxylic acids is 2. The molecule has 2 aromatic carbocycles. The predicted octanol–water partition coefficient (Wildman–Crippen LogP) is 4.06. The van der Waals surface area contributed by atoms with Crippen LogP contribution < -0.4 is 19.7 Å². The first-order valence-corrected chi connectivity index (χ1v) is 9.93. The van der Waals surface area contributed by atoms with Gasteiger partial charge in [0.25, 0.3) is 11.8 Å². The van der Waals surface area contributed by atoms with Crippen molar-refractivity contribution in [1.82, 2.24) is 5.32 Å². The first-order chi connectivity index (χ1) is 13.3. The largest absolute Gasteiger partial charge is 0.496 e. The van der Waals surface area contributed by atoms with E-state index < -0.39 is 11.8 Å². The average Bonchev–Trinajstić information content (AvgIpc) is 2.65. The monoisotopic (exact) mass is 524 g/mol. The molecule has 1 saturated heterocycles. The van der Waals surface area contributed by atoms with Gasteiger partial charge in [0.05, 0.1) is 24.4 Å². The van der Waals surface area contributed by atoms with E-state index in [0.717, 1.165) is 4.47 Å². The van der Waals surface area contributed by atoms with Gasteiger partial charge in [-0.05, 0) is 58.5 Å². The molecular formula is C19H14Br2N2O4S. The number of carbonyl (C=O) groups is 2. The molecule has 0 aliphatic carbocycles. The molecule has 144 valence electrons. The minimum Gasteiger partial charge on any atom is -0.496 e. The Bertz CT molecular complexity index is 1020. The van der Waals surface area contributed by atoms with E-state index in [0.29, 0.717) is 27.2 Å². The highest BCUT2D eigenvalue weighted by atomic mass is 79.9. The van der Waals surface area contributed by atoms with Crippen molar-refractivity contribution in [2.45, 2.75) is 0 Å². The van der Waals surface area contributed by atoms with Crippen LogP contribution in [0.15, 0.2) is 50.9 Å². The van der Waals surface area contributed by atoms with E-state index in [2.05, 4.69) is 37.2 Å². The number of anilines is 1. The molecule has 0 radical (unpaired) electrons. The van der Waals surface area contributed by atoms with Gasteiger partial charge < -0.3 is 9.47 Å². The standard InChI is InChI=1S/C19H14Br2N2O4S/c1-26-15-9-16(27-2)14(21)7-10(15)6-13-17(24)22-19(28)23(18(13)25)12-5-3-4-11(20)8-12/h3-9H,1-2H3,(H,22,24,28)/b13-6+. The van der Waals surface area contributed by atoms with Crippen LogP contribution in [0, 0.1) is 0 Å². The van der Waals surface area contributed by atoms with Gasteiger partial charge in [-0.3, -0.25) is 19.8 Å². The highest BCUT2D eigenvalue weighted by molar-refractivity contribution is 9.10. The summed E-state index contributed by atoms with van der Waals surface area (Å²) < 4.78 is 12.1. The zero-order valence-electron chi connectivity index (χ0n) is 14.8. The van der Waals surface area contributed by atoms with Gasteiger partial charge in [-0.2, -0.15) is 0 Å². The Hall–Kier alpha value is -2.23. The summed E-state index contributed by atoms with van der Waals surface area (Å²) in [5, 5.41) is 2.58. The Kier molecular flexibility index (Phi) is 6.17. The molecule has 0 unspecified atom stereocenters. The van der Waals surface area contributed by atoms with Crippen molar-refractivity contribution in [2.75, 3.05) is 19.1 Å². The summed E-state index contributed by atoms with van der Waals surface area (Å²) in [6.07, 6.45) is 1.47. The Labute approximate surface area is 183 Å². The SMILES string of the molecule is COc1cc(OC)c(/C=C2\C(=O)NC(=S)N(c3cccc(Br)c3)C2=O)cc1Br. The third kappa shape index (κ3) is 3.96. The molecule has 1 fully saturated rings. The number of methoxy groups -OCH3 is 2. The Balaban J connectivity index is 2.08. The molecular weight excluding hydrogens is 512 g/mol. The molecule has 1 aliphatic rings. The maximum Gasteiger partial charge on any atom is 0.270 e. The number of amides is 2. The zero-order chi connectivity index (χ0) is 20.4. The summed E-state index contributed by atoms with van der Waals surface area (Å²) >= 11 is 12.0. The third-order valence-corrected chi connectivity index (χ3v) is 5.37. The van der Waals surface area contributed by atoms with Crippen molar-refractivity contribution in [3.8, 4) is 11.5 Å². The first kappa shape index (κ1) is 20.5. The summed E-state index contributed by atoms with van der Waals surface area (Å²) in [6.45, 7) is 0. The lowest BCUT2D eigenvalue weighted by molar-refractivity contribution is -0.122. The van der Waals surface area contributed by atoms with Crippen LogP contribution in [-0.4, -0.2) is 31.1 Å². The smallest absolute Gasteiger partial charge is 0.270 e. The number of nitrogens with one attached hydrogen (secondary N) is 1. The molecule has 1 aliphatic heterocycles. The van der Waals surface area contributed by atoms with E-state index in [4.69, 9.17) is 21.7 Å². The fourth-order valence-corrected chi connectivity index (χ4v) is 3.85. The van der Waals surface area contributed by atoms with Crippen LogP contribution >= 0.6 is 44.1 Å². The Morgan fingerprint density at radius 2 is 1.79 bits per heavy atom. The van der Waals surface area contributed by atoms with E-state index in [1.165, 1.54) is 25.2 Å². The van der Waals surface area contributed by atoms with Gasteiger partial charge in [-0.25, -0.2) is 0 Å². The second-order valence-corrected chi connectivity index (χ2v) is 7.82. The number of halogens is 2. The van der Waals surface area contributed by atoms with Gasteiger partial charge >= 0.3 is 0 Å². The van der Waals surface area contributed by atoms with Crippen LogP contribution in [-0.2, 0) is 9.59 Å². The second kappa shape index (κ2) is 8.42. The quantitative estimate of drug-likeness (QED) is 0.370. The topological polar surface area (TPSA) is 67.9 Å².